The molecular weight excluding hydrogens is 296 g/mol. The molecule has 0 spiro atoms. The Hall–Kier alpha value is 0.0700. The van der Waals surface area contributed by atoms with Crippen molar-refractivity contribution in [1.82, 2.24) is 4.90 Å². The number of rotatable bonds is 4. The number of hydrogen-bond donors (Lipinski definition) is 3. The molecule has 0 amide bonds. The van der Waals surface area contributed by atoms with E-state index in [4.69, 9.17) is 35.5 Å². The van der Waals surface area contributed by atoms with Crippen molar-refractivity contribution >= 4 is 38.7 Å². The third-order valence-electron chi connectivity index (χ3n) is 2.31. The van der Waals surface area contributed by atoms with E-state index < -0.39 is 10.4 Å². The van der Waals surface area contributed by atoms with Gasteiger partial charge in [-0.25, -0.2) is 0 Å². The smallest absolute Gasteiger partial charge is 0.385 e. The minimum Gasteiger partial charge on any atom is -0.385 e. The maximum absolute atomic E-state index is 8.74. The van der Waals surface area contributed by atoms with Gasteiger partial charge in [-0.2, -0.15) is 8.42 Å². The molecule has 0 atom stereocenters. The van der Waals surface area contributed by atoms with Crippen LogP contribution in [0.4, 0.5) is 0 Å². The van der Waals surface area contributed by atoms with E-state index in [1.165, 1.54) is 45.3 Å². The van der Waals surface area contributed by atoms with Crippen molar-refractivity contribution in [3.63, 3.8) is 0 Å². The molecule has 1 aliphatic rings. The van der Waals surface area contributed by atoms with Crippen LogP contribution in [0.15, 0.2) is 0 Å². The Bertz CT molecular complexity index is 321. The molecule has 0 bridgehead atoms. The molecule has 1 heterocycles. The summed E-state index contributed by atoms with van der Waals surface area (Å²) >= 11 is 6.39. The highest BCUT2D eigenvalue weighted by atomic mass is 32.3. The van der Waals surface area contributed by atoms with Gasteiger partial charge in [-0.15, -0.1) is 0 Å². The van der Waals surface area contributed by atoms with Gasteiger partial charge in [0.25, 0.3) is 0 Å². The molecular formula is C9H20N2O4S3. The van der Waals surface area contributed by atoms with Crippen LogP contribution in [-0.4, -0.2) is 52.1 Å². The molecule has 1 aliphatic heterocycles. The average Bonchev–Trinajstić information content (AvgIpc) is 2.23. The molecule has 108 valence electrons. The van der Waals surface area contributed by atoms with E-state index in [-0.39, 0.29) is 0 Å². The first-order valence-corrected chi connectivity index (χ1v) is 8.42. The fourth-order valence-electron chi connectivity index (χ4n) is 1.64. The first kappa shape index (κ1) is 18.1. The summed E-state index contributed by atoms with van der Waals surface area (Å²) in [6, 6.07) is 0. The number of nitrogens with zero attached hydrogens (tertiary/aromatic N) is 1. The van der Waals surface area contributed by atoms with Gasteiger partial charge in [0.05, 0.1) is 0 Å². The summed E-state index contributed by atoms with van der Waals surface area (Å²) in [6.45, 7) is 3.80. The van der Waals surface area contributed by atoms with E-state index >= 15 is 0 Å². The summed E-state index contributed by atoms with van der Waals surface area (Å²) in [5.41, 5.74) is 5.39. The number of piperidine rings is 1. The van der Waals surface area contributed by atoms with Gasteiger partial charge in [-0.3, -0.25) is 9.11 Å². The predicted molar refractivity (Wildman–Crippen MR) is 78.3 cm³/mol. The largest absolute Gasteiger partial charge is 0.394 e. The van der Waals surface area contributed by atoms with Crippen LogP contribution in [0.3, 0.4) is 0 Å². The van der Waals surface area contributed by atoms with Crippen LogP contribution in [0.5, 0.6) is 0 Å². The third-order valence-corrected chi connectivity index (χ3v) is 3.44. The normalized spacial score (nSPS) is 16.8. The summed E-state index contributed by atoms with van der Waals surface area (Å²) in [5, 5.41) is 0. The topological polar surface area (TPSA) is 104 Å². The van der Waals surface area contributed by atoms with Crippen molar-refractivity contribution in [2.24, 2.45) is 5.73 Å². The van der Waals surface area contributed by atoms with Crippen LogP contribution < -0.4 is 5.73 Å². The molecule has 1 rings (SSSR count). The molecule has 0 aromatic rings. The molecule has 6 nitrogen and oxygen atoms in total. The number of nitrogens with two attached hydrogens (primary N) is 1. The second kappa shape index (κ2) is 9.93. The highest BCUT2D eigenvalue weighted by molar-refractivity contribution is 8.22. The van der Waals surface area contributed by atoms with Crippen LogP contribution in [0.25, 0.3) is 0 Å². The van der Waals surface area contributed by atoms with Crippen molar-refractivity contribution in [3.8, 4) is 0 Å². The summed E-state index contributed by atoms with van der Waals surface area (Å²) < 4.78 is 32.2. The van der Waals surface area contributed by atoms with Crippen molar-refractivity contribution in [3.05, 3.63) is 0 Å². The monoisotopic (exact) mass is 316 g/mol. The van der Waals surface area contributed by atoms with Crippen molar-refractivity contribution in [1.29, 1.82) is 0 Å². The zero-order valence-electron chi connectivity index (χ0n) is 10.1. The van der Waals surface area contributed by atoms with Gasteiger partial charge in [0.15, 0.2) is 0 Å². The Kier molecular flexibility index (Phi) is 9.97. The molecule has 0 saturated carbocycles. The maximum atomic E-state index is 8.74. The molecule has 0 aliphatic carbocycles. The van der Waals surface area contributed by atoms with E-state index in [9.17, 15) is 0 Å². The Morgan fingerprint density at radius 1 is 1.28 bits per heavy atom. The first-order chi connectivity index (χ1) is 8.29. The lowest BCUT2D eigenvalue weighted by molar-refractivity contribution is 0.230. The lowest BCUT2D eigenvalue weighted by atomic mass is 10.1. The van der Waals surface area contributed by atoms with Gasteiger partial charge >= 0.3 is 10.4 Å². The molecule has 9 heteroatoms. The molecule has 0 unspecified atom stereocenters. The van der Waals surface area contributed by atoms with Gasteiger partial charge in [0.2, 0.25) is 0 Å². The van der Waals surface area contributed by atoms with Crippen LogP contribution in [0.1, 0.15) is 25.7 Å². The molecule has 1 saturated heterocycles. The predicted octanol–water partition coefficient (Wildman–Crippen LogP) is 1.19. The van der Waals surface area contributed by atoms with Crippen molar-refractivity contribution in [2.75, 3.05) is 25.4 Å². The summed E-state index contributed by atoms with van der Waals surface area (Å²) in [6.07, 6.45) is 5.38. The minimum absolute atomic E-state index is 0.582. The SMILES string of the molecule is NC(=S)SCCCN1CCCCC1.O=S(=O)(O)O. The van der Waals surface area contributed by atoms with E-state index in [0.717, 1.165) is 5.75 Å². The van der Waals surface area contributed by atoms with Gasteiger partial charge in [-0.05, 0) is 38.9 Å². The van der Waals surface area contributed by atoms with Crippen molar-refractivity contribution < 1.29 is 17.5 Å². The fourth-order valence-corrected chi connectivity index (χ4v) is 2.37. The second-order valence-electron chi connectivity index (χ2n) is 3.87. The number of thiocarbonyl (C=S) groups is 1. The molecule has 18 heavy (non-hydrogen) atoms. The average molecular weight is 316 g/mol. The Morgan fingerprint density at radius 3 is 2.22 bits per heavy atom. The standard InChI is InChI=1S/C9H18N2S2.H2O4S/c10-9(12)13-8-4-7-11-5-2-1-3-6-11;1-5(2,3)4/h1-8H2,(H2,10,12);(H2,1,2,3,4). The lowest BCUT2D eigenvalue weighted by Gasteiger charge is -2.26. The zero-order chi connectivity index (χ0) is 14.0. The van der Waals surface area contributed by atoms with Crippen molar-refractivity contribution in [2.45, 2.75) is 25.7 Å². The fraction of sp³-hybridized carbons (Fsp3) is 0.889. The number of likely N-dealkylation sites (tertiary alicyclic amines) is 1. The van der Waals surface area contributed by atoms with E-state index in [2.05, 4.69) is 4.90 Å². The highest BCUT2D eigenvalue weighted by Gasteiger charge is 2.08. The Morgan fingerprint density at radius 2 is 1.78 bits per heavy atom. The quantitative estimate of drug-likeness (QED) is 0.403. The van der Waals surface area contributed by atoms with E-state index in [0.29, 0.717) is 4.32 Å². The number of thioether (sulfide) groups is 1. The van der Waals surface area contributed by atoms with Gasteiger partial charge in [-0.1, -0.05) is 30.4 Å². The molecule has 0 aromatic heterocycles. The van der Waals surface area contributed by atoms with E-state index in [1.54, 1.807) is 11.8 Å². The van der Waals surface area contributed by atoms with Gasteiger partial charge in [0.1, 0.15) is 4.32 Å². The summed E-state index contributed by atoms with van der Waals surface area (Å²) in [4.78, 5) is 2.55. The van der Waals surface area contributed by atoms with Gasteiger partial charge in [0, 0.05) is 5.75 Å². The third kappa shape index (κ3) is 16.1. The molecule has 0 aromatic carbocycles. The number of hydrogen-bond acceptors (Lipinski definition) is 5. The van der Waals surface area contributed by atoms with E-state index in [1.807, 2.05) is 0 Å². The lowest BCUT2D eigenvalue weighted by Crippen LogP contribution is -2.30. The first-order valence-electron chi connectivity index (χ1n) is 5.63. The molecule has 4 N–H and O–H groups in total. The minimum atomic E-state index is -4.67. The second-order valence-corrected chi connectivity index (χ2v) is 6.60. The Labute approximate surface area is 118 Å². The van der Waals surface area contributed by atoms with Gasteiger partial charge < -0.3 is 10.6 Å². The highest BCUT2D eigenvalue weighted by Crippen LogP contribution is 2.10. The summed E-state index contributed by atoms with van der Waals surface area (Å²) in [7, 11) is -4.67. The molecule has 1 fully saturated rings. The van der Waals surface area contributed by atoms with Crippen LogP contribution in [-0.2, 0) is 10.4 Å². The Balaban J connectivity index is 0.000000494. The van der Waals surface area contributed by atoms with Crippen LogP contribution >= 0.6 is 24.0 Å². The van der Waals surface area contributed by atoms with Crippen LogP contribution in [0.2, 0.25) is 0 Å². The summed E-state index contributed by atoms with van der Waals surface area (Å²) in [5.74, 6) is 1.08. The zero-order valence-corrected chi connectivity index (χ0v) is 12.6. The maximum Gasteiger partial charge on any atom is 0.394 e. The molecule has 0 radical (unpaired) electrons. The van der Waals surface area contributed by atoms with Crippen LogP contribution in [0, 0.1) is 0 Å².